The number of para-hydroxylation sites is 1. The number of aromatic amines is 1. The molecule has 0 aliphatic carbocycles. The smallest absolute Gasteiger partial charge is 0.229 e. The van der Waals surface area contributed by atoms with Gasteiger partial charge in [0.25, 0.3) is 0 Å². The Bertz CT molecular complexity index is 831. The minimum atomic E-state index is 0.118. The standard InChI is InChI=1S/C19H21N3O/c1-4-14-6-5-7-16-17(12-20-19(14)16)18(23)13-22-10-8-15(9-11-22)21(2)3/h5-12H,4,13H2,1-3H3/p+1. The van der Waals surface area contributed by atoms with Crippen molar-refractivity contribution in [2.75, 3.05) is 19.0 Å². The Morgan fingerprint density at radius 3 is 2.57 bits per heavy atom. The summed E-state index contributed by atoms with van der Waals surface area (Å²) in [6.07, 6.45) is 6.67. The van der Waals surface area contributed by atoms with Crippen molar-refractivity contribution < 1.29 is 9.36 Å². The number of ketones is 1. The first-order valence-electron chi connectivity index (χ1n) is 7.88. The summed E-state index contributed by atoms with van der Waals surface area (Å²) in [6, 6.07) is 10.2. The van der Waals surface area contributed by atoms with E-state index in [9.17, 15) is 4.79 Å². The molecule has 0 spiro atoms. The lowest BCUT2D eigenvalue weighted by Gasteiger charge is -2.10. The van der Waals surface area contributed by atoms with Crippen LogP contribution in [-0.2, 0) is 13.0 Å². The highest BCUT2D eigenvalue weighted by Crippen LogP contribution is 2.22. The topological polar surface area (TPSA) is 40.0 Å². The van der Waals surface area contributed by atoms with Crippen molar-refractivity contribution in [3.63, 3.8) is 0 Å². The minimum absolute atomic E-state index is 0.118. The van der Waals surface area contributed by atoms with Crippen LogP contribution in [-0.4, -0.2) is 24.9 Å². The van der Waals surface area contributed by atoms with Gasteiger partial charge >= 0.3 is 0 Å². The van der Waals surface area contributed by atoms with Gasteiger partial charge in [0.2, 0.25) is 12.3 Å². The highest BCUT2D eigenvalue weighted by atomic mass is 16.1. The maximum Gasteiger partial charge on any atom is 0.229 e. The van der Waals surface area contributed by atoms with E-state index in [0.717, 1.165) is 28.6 Å². The van der Waals surface area contributed by atoms with Gasteiger partial charge in [0.15, 0.2) is 12.4 Å². The monoisotopic (exact) mass is 308 g/mol. The summed E-state index contributed by atoms with van der Waals surface area (Å²) < 4.78 is 1.91. The van der Waals surface area contributed by atoms with Crippen LogP contribution in [0.3, 0.4) is 0 Å². The average Bonchev–Trinajstić information content (AvgIpc) is 2.99. The van der Waals surface area contributed by atoms with Crippen molar-refractivity contribution in [1.29, 1.82) is 0 Å². The Kier molecular flexibility index (Phi) is 4.15. The van der Waals surface area contributed by atoms with Gasteiger partial charge in [-0.15, -0.1) is 0 Å². The summed E-state index contributed by atoms with van der Waals surface area (Å²) in [7, 11) is 4.00. The number of hydrogen-bond acceptors (Lipinski definition) is 2. The molecule has 2 aromatic heterocycles. The van der Waals surface area contributed by atoms with Crippen LogP contribution in [0.1, 0.15) is 22.8 Å². The van der Waals surface area contributed by atoms with Crippen LogP contribution in [0, 0.1) is 0 Å². The summed E-state index contributed by atoms with van der Waals surface area (Å²) in [5.74, 6) is 0.118. The molecule has 0 radical (unpaired) electrons. The number of H-pyrrole nitrogens is 1. The Morgan fingerprint density at radius 1 is 1.17 bits per heavy atom. The van der Waals surface area contributed by atoms with Crippen LogP contribution >= 0.6 is 0 Å². The molecule has 4 nitrogen and oxygen atoms in total. The molecule has 4 heteroatoms. The normalized spacial score (nSPS) is 10.9. The molecule has 1 N–H and O–H groups in total. The zero-order valence-electron chi connectivity index (χ0n) is 13.8. The van der Waals surface area contributed by atoms with Crippen molar-refractivity contribution in [3.8, 4) is 0 Å². The lowest BCUT2D eigenvalue weighted by atomic mass is 10.0. The molecule has 0 aliphatic heterocycles. The molecule has 118 valence electrons. The zero-order chi connectivity index (χ0) is 16.4. The lowest BCUT2D eigenvalue weighted by Crippen LogP contribution is -2.37. The molecule has 3 rings (SSSR count). The second kappa shape index (κ2) is 6.24. The highest BCUT2D eigenvalue weighted by Gasteiger charge is 2.17. The largest absolute Gasteiger partial charge is 0.377 e. The number of aryl methyl sites for hydroxylation is 1. The maximum absolute atomic E-state index is 12.7. The molecular formula is C19H22N3O+. The Balaban J connectivity index is 1.86. The quantitative estimate of drug-likeness (QED) is 0.581. The van der Waals surface area contributed by atoms with Gasteiger partial charge in [-0.2, -0.15) is 4.57 Å². The van der Waals surface area contributed by atoms with E-state index in [1.54, 1.807) is 0 Å². The highest BCUT2D eigenvalue weighted by molar-refractivity contribution is 6.07. The fourth-order valence-electron chi connectivity index (χ4n) is 2.85. The average molecular weight is 308 g/mol. The molecule has 3 aromatic rings. The Morgan fingerprint density at radius 2 is 1.91 bits per heavy atom. The Hall–Kier alpha value is -2.62. The third-order valence-electron chi connectivity index (χ3n) is 4.20. The minimum Gasteiger partial charge on any atom is -0.377 e. The molecule has 0 fully saturated rings. The van der Waals surface area contributed by atoms with Crippen LogP contribution in [0.25, 0.3) is 10.9 Å². The van der Waals surface area contributed by atoms with Gasteiger partial charge in [-0.25, -0.2) is 0 Å². The number of benzene rings is 1. The molecular weight excluding hydrogens is 286 g/mol. The van der Waals surface area contributed by atoms with Crippen LogP contribution in [0.2, 0.25) is 0 Å². The van der Waals surface area contributed by atoms with E-state index in [4.69, 9.17) is 0 Å². The molecule has 23 heavy (non-hydrogen) atoms. The predicted octanol–water partition coefficient (Wildman–Crippen LogP) is 2.97. The number of hydrogen-bond donors (Lipinski definition) is 1. The summed E-state index contributed by atoms with van der Waals surface area (Å²) in [6.45, 7) is 2.47. The van der Waals surface area contributed by atoms with E-state index in [2.05, 4.69) is 18.0 Å². The van der Waals surface area contributed by atoms with E-state index >= 15 is 0 Å². The number of nitrogens with zero attached hydrogens (tertiary/aromatic N) is 2. The Labute approximate surface area is 136 Å². The van der Waals surface area contributed by atoms with Gasteiger partial charge in [0, 0.05) is 54.6 Å². The maximum atomic E-state index is 12.7. The number of rotatable bonds is 5. The molecule has 0 saturated heterocycles. The van der Waals surface area contributed by atoms with Crippen LogP contribution in [0.15, 0.2) is 48.9 Å². The molecule has 1 aromatic carbocycles. The van der Waals surface area contributed by atoms with Crippen molar-refractivity contribution in [3.05, 3.63) is 60.0 Å². The number of carbonyl (C=O) groups excluding carboxylic acids is 1. The van der Waals surface area contributed by atoms with Gasteiger partial charge in [-0.3, -0.25) is 4.79 Å². The first-order valence-corrected chi connectivity index (χ1v) is 7.88. The molecule has 0 amide bonds. The van der Waals surface area contributed by atoms with E-state index in [1.807, 2.05) is 66.4 Å². The lowest BCUT2D eigenvalue weighted by molar-refractivity contribution is -0.683. The molecule has 2 heterocycles. The van der Waals surface area contributed by atoms with Gasteiger partial charge in [0.05, 0.1) is 0 Å². The fraction of sp³-hybridized carbons (Fsp3) is 0.263. The number of carbonyl (C=O) groups is 1. The zero-order valence-corrected chi connectivity index (χ0v) is 13.8. The van der Waals surface area contributed by atoms with Gasteiger partial charge in [0.1, 0.15) is 0 Å². The number of anilines is 1. The van der Waals surface area contributed by atoms with Crippen LogP contribution in [0.4, 0.5) is 5.69 Å². The fourth-order valence-corrected chi connectivity index (χ4v) is 2.85. The number of fused-ring (bicyclic) bond motifs is 1. The SMILES string of the molecule is CCc1cccc2c(C(=O)C[n+]3ccc(N(C)C)cc3)c[nH]c12. The van der Waals surface area contributed by atoms with Crippen molar-refractivity contribution >= 4 is 22.4 Å². The summed E-state index contributed by atoms with van der Waals surface area (Å²) >= 11 is 0. The van der Waals surface area contributed by atoms with Crippen LogP contribution in [0.5, 0.6) is 0 Å². The first kappa shape index (κ1) is 15.3. The summed E-state index contributed by atoms with van der Waals surface area (Å²) in [5.41, 5.74) is 4.20. The van der Waals surface area contributed by atoms with Crippen molar-refractivity contribution in [2.24, 2.45) is 0 Å². The number of Topliss-reactive ketones (excluding diaryl/α,β-unsaturated/α-hetero) is 1. The van der Waals surface area contributed by atoms with Gasteiger partial charge < -0.3 is 9.88 Å². The summed E-state index contributed by atoms with van der Waals surface area (Å²) in [4.78, 5) is 18.0. The second-order valence-corrected chi connectivity index (χ2v) is 5.94. The van der Waals surface area contributed by atoms with E-state index in [-0.39, 0.29) is 5.78 Å². The molecule has 0 bridgehead atoms. The van der Waals surface area contributed by atoms with Crippen molar-refractivity contribution in [1.82, 2.24) is 4.98 Å². The predicted molar refractivity (Wildman–Crippen MR) is 93.0 cm³/mol. The van der Waals surface area contributed by atoms with Crippen LogP contribution < -0.4 is 9.47 Å². The number of nitrogens with one attached hydrogen (secondary N) is 1. The number of aromatic nitrogens is 2. The number of pyridine rings is 1. The van der Waals surface area contributed by atoms with Gasteiger partial charge in [-0.05, 0) is 12.0 Å². The molecule has 0 unspecified atom stereocenters. The summed E-state index contributed by atoms with van der Waals surface area (Å²) in [5, 5.41) is 1.01. The molecule has 0 atom stereocenters. The van der Waals surface area contributed by atoms with E-state index < -0.39 is 0 Å². The third-order valence-corrected chi connectivity index (χ3v) is 4.20. The molecule has 0 aliphatic rings. The third kappa shape index (κ3) is 2.97. The second-order valence-electron chi connectivity index (χ2n) is 5.94. The molecule has 0 saturated carbocycles. The van der Waals surface area contributed by atoms with Crippen molar-refractivity contribution in [2.45, 2.75) is 19.9 Å². The van der Waals surface area contributed by atoms with E-state index in [0.29, 0.717) is 6.54 Å². The van der Waals surface area contributed by atoms with E-state index in [1.165, 1.54) is 5.56 Å². The van der Waals surface area contributed by atoms with Gasteiger partial charge in [-0.1, -0.05) is 25.1 Å². The first-order chi connectivity index (χ1) is 11.1.